The number of rotatable bonds is 3. The summed E-state index contributed by atoms with van der Waals surface area (Å²) < 4.78 is 16.3. The Balaban J connectivity index is 2.58. The minimum atomic E-state index is -0.924. The third-order valence-corrected chi connectivity index (χ3v) is 3.32. The van der Waals surface area contributed by atoms with Crippen molar-refractivity contribution in [1.82, 2.24) is 4.57 Å². The zero-order chi connectivity index (χ0) is 13.5. The number of carboxylic acid groups (broad SMARTS) is 1. The van der Waals surface area contributed by atoms with Crippen LogP contribution in [0.25, 0.3) is 10.9 Å². The third-order valence-electron chi connectivity index (χ3n) is 3.32. The average Bonchev–Trinajstić information content (AvgIpc) is 2.59. The molecule has 96 valence electrons. The molecule has 0 aliphatic heterocycles. The van der Waals surface area contributed by atoms with Crippen molar-refractivity contribution < 1.29 is 14.3 Å². The Bertz CT molecular complexity index is 614. The Morgan fingerprint density at radius 2 is 2.06 bits per heavy atom. The maximum Gasteiger partial charge on any atom is 0.304 e. The van der Waals surface area contributed by atoms with Crippen molar-refractivity contribution in [2.24, 2.45) is 7.05 Å². The van der Waals surface area contributed by atoms with Crippen molar-refractivity contribution in [2.45, 2.75) is 25.7 Å². The fourth-order valence-electron chi connectivity index (χ4n) is 2.31. The Morgan fingerprint density at radius 3 is 2.67 bits per heavy atom. The maximum atomic E-state index is 14.4. The molecule has 0 radical (unpaired) electrons. The van der Waals surface area contributed by atoms with Crippen molar-refractivity contribution >= 4 is 16.9 Å². The predicted octanol–water partition coefficient (Wildman–Crippen LogP) is 3.07. The molecule has 18 heavy (non-hydrogen) atoms. The number of halogens is 1. The molecule has 0 bridgehead atoms. The highest BCUT2D eigenvalue weighted by atomic mass is 19.1. The minimum Gasteiger partial charge on any atom is -0.481 e. The standard InChI is InChI=1S/C14H16FNO2/c1-14(2,8-12(17)18)10-4-5-11-9(13(10)15)6-7-16(11)3/h4-7H,8H2,1-3H3,(H,17,18). The molecule has 0 aliphatic carbocycles. The van der Waals surface area contributed by atoms with Crippen molar-refractivity contribution in [2.75, 3.05) is 0 Å². The van der Waals surface area contributed by atoms with Crippen LogP contribution in [0, 0.1) is 5.82 Å². The van der Waals surface area contributed by atoms with Gasteiger partial charge in [-0.15, -0.1) is 0 Å². The van der Waals surface area contributed by atoms with E-state index in [1.54, 1.807) is 32.2 Å². The fourth-order valence-corrected chi connectivity index (χ4v) is 2.31. The van der Waals surface area contributed by atoms with Gasteiger partial charge in [0.05, 0.1) is 11.9 Å². The molecule has 4 heteroatoms. The number of carboxylic acids is 1. The van der Waals surface area contributed by atoms with Crippen molar-refractivity contribution in [3.8, 4) is 0 Å². The van der Waals surface area contributed by atoms with Crippen molar-refractivity contribution in [3.63, 3.8) is 0 Å². The van der Waals surface area contributed by atoms with E-state index in [4.69, 9.17) is 5.11 Å². The van der Waals surface area contributed by atoms with Gasteiger partial charge < -0.3 is 9.67 Å². The summed E-state index contributed by atoms with van der Waals surface area (Å²) in [5.41, 5.74) is 0.533. The first-order valence-corrected chi connectivity index (χ1v) is 5.79. The summed E-state index contributed by atoms with van der Waals surface area (Å²) in [6.07, 6.45) is 1.70. The molecule has 0 saturated heterocycles. The van der Waals surface area contributed by atoms with Crippen LogP contribution in [-0.4, -0.2) is 15.6 Å². The lowest BCUT2D eigenvalue weighted by atomic mass is 9.81. The first kappa shape index (κ1) is 12.6. The highest BCUT2D eigenvalue weighted by Gasteiger charge is 2.28. The monoisotopic (exact) mass is 249 g/mol. The zero-order valence-corrected chi connectivity index (χ0v) is 10.7. The van der Waals surface area contributed by atoms with Crippen LogP contribution in [-0.2, 0) is 17.3 Å². The first-order valence-electron chi connectivity index (χ1n) is 5.79. The number of benzene rings is 1. The van der Waals surface area contributed by atoms with E-state index in [9.17, 15) is 9.18 Å². The summed E-state index contributed by atoms with van der Waals surface area (Å²) in [5.74, 6) is -1.24. The molecule has 0 unspecified atom stereocenters. The highest BCUT2D eigenvalue weighted by Crippen LogP contribution is 2.33. The molecule has 0 atom stereocenters. The number of nitrogens with zero attached hydrogens (tertiary/aromatic N) is 1. The molecule has 1 heterocycles. The fraction of sp³-hybridized carbons (Fsp3) is 0.357. The van der Waals surface area contributed by atoms with Crippen molar-refractivity contribution in [3.05, 3.63) is 35.8 Å². The SMILES string of the molecule is Cn1ccc2c(F)c(C(C)(C)CC(=O)O)ccc21. The molecule has 0 saturated carbocycles. The Hall–Kier alpha value is -1.84. The van der Waals surface area contributed by atoms with Gasteiger partial charge >= 0.3 is 5.97 Å². The van der Waals surface area contributed by atoms with Crippen LogP contribution in [0.2, 0.25) is 0 Å². The summed E-state index contributed by atoms with van der Waals surface area (Å²) in [4.78, 5) is 10.8. The van der Waals surface area contributed by atoms with Gasteiger partial charge in [-0.05, 0) is 17.7 Å². The second kappa shape index (κ2) is 4.12. The number of carbonyl (C=O) groups is 1. The molecule has 0 aliphatic rings. The van der Waals surface area contributed by atoms with E-state index in [1.165, 1.54) is 0 Å². The van der Waals surface area contributed by atoms with E-state index >= 15 is 0 Å². The van der Waals surface area contributed by atoms with E-state index in [0.717, 1.165) is 5.52 Å². The molecule has 1 N–H and O–H groups in total. The minimum absolute atomic E-state index is 0.0950. The molecule has 1 aromatic heterocycles. The third kappa shape index (κ3) is 1.98. The van der Waals surface area contributed by atoms with E-state index < -0.39 is 11.4 Å². The topological polar surface area (TPSA) is 42.2 Å². The smallest absolute Gasteiger partial charge is 0.304 e. The van der Waals surface area contributed by atoms with Crippen LogP contribution in [0.5, 0.6) is 0 Å². The molecule has 2 aromatic rings. The number of hydrogen-bond acceptors (Lipinski definition) is 1. The van der Waals surface area contributed by atoms with Crippen molar-refractivity contribution in [1.29, 1.82) is 0 Å². The Kier molecular flexibility index (Phi) is 2.89. The van der Waals surface area contributed by atoms with E-state index in [-0.39, 0.29) is 12.2 Å². The average molecular weight is 249 g/mol. The second-order valence-electron chi connectivity index (χ2n) is 5.24. The largest absolute Gasteiger partial charge is 0.481 e. The van der Waals surface area contributed by atoms with Gasteiger partial charge in [-0.2, -0.15) is 0 Å². The van der Waals surface area contributed by atoms with E-state index in [0.29, 0.717) is 10.9 Å². The Morgan fingerprint density at radius 1 is 1.39 bits per heavy atom. The number of aryl methyl sites for hydroxylation is 1. The molecule has 1 aromatic carbocycles. The first-order chi connectivity index (χ1) is 8.33. The quantitative estimate of drug-likeness (QED) is 0.908. The van der Waals surface area contributed by atoms with Gasteiger partial charge in [-0.1, -0.05) is 19.9 Å². The van der Waals surface area contributed by atoms with Gasteiger partial charge in [0.1, 0.15) is 5.82 Å². The predicted molar refractivity (Wildman–Crippen MR) is 68.2 cm³/mol. The lowest BCUT2D eigenvalue weighted by molar-refractivity contribution is -0.138. The Labute approximate surface area is 105 Å². The molecule has 0 spiro atoms. The van der Waals surface area contributed by atoms with Crippen LogP contribution in [0.1, 0.15) is 25.8 Å². The zero-order valence-electron chi connectivity index (χ0n) is 10.7. The molecular weight excluding hydrogens is 233 g/mol. The summed E-state index contributed by atoms with van der Waals surface area (Å²) in [6.45, 7) is 3.49. The molecule has 3 nitrogen and oxygen atoms in total. The molecular formula is C14H16FNO2. The van der Waals surface area contributed by atoms with Gasteiger partial charge in [-0.3, -0.25) is 4.79 Å². The van der Waals surface area contributed by atoms with Crippen LogP contribution in [0.4, 0.5) is 4.39 Å². The van der Waals surface area contributed by atoms with Gasteiger partial charge in [0.2, 0.25) is 0 Å². The number of fused-ring (bicyclic) bond motifs is 1. The summed E-state index contributed by atoms with van der Waals surface area (Å²) in [6, 6.07) is 5.23. The van der Waals surface area contributed by atoms with Gasteiger partial charge in [0.25, 0.3) is 0 Å². The van der Waals surface area contributed by atoms with E-state index in [2.05, 4.69) is 0 Å². The normalized spacial score (nSPS) is 12.0. The van der Waals surface area contributed by atoms with E-state index in [1.807, 2.05) is 17.7 Å². The highest BCUT2D eigenvalue weighted by molar-refractivity contribution is 5.82. The molecule has 2 rings (SSSR count). The number of hydrogen-bond donors (Lipinski definition) is 1. The van der Waals surface area contributed by atoms with Crippen LogP contribution < -0.4 is 0 Å². The molecule has 0 fully saturated rings. The summed E-state index contributed by atoms with van der Waals surface area (Å²) in [5, 5.41) is 9.43. The lowest BCUT2D eigenvalue weighted by Crippen LogP contribution is -2.23. The summed E-state index contributed by atoms with van der Waals surface area (Å²) >= 11 is 0. The van der Waals surface area contributed by atoms with Gasteiger partial charge in [0.15, 0.2) is 0 Å². The maximum absolute atomic E-state index is 14.4. The molecule has 0 amide bonds. The summed E-state index contributed by atoms with van der Waals surface area (Å²) in [7, 11) is 1.85. The van der Waals surface area contributed by atoms with Gasteiger partial charge in [0, 0.05) is 24.0 Å². The number of aliphatic carboxylic acids is 1. The van der Waals surface area contributed by atoms with Crippen LogP contribution >= 0.6 is 0 Å². The van der Waals surface area contributed by atoms with Crippen LogP contribution in [0.3, 0.4) is 0 Å². The number of aromatic nitrogens is 1. The van der Waals surface area contributed by atoms with Gasteiger partial charge in [-0.25, -0.2) is 4.39 Å². The van der Waals surface area contributed by atoms with Crippen LogP contribution in [0.15, 0.2) is 24.4 Å². The second-order valence-corrected chi connectivity index (χ2v) is 5.24. The lowest BCUT2D eigenvalue weighted by Gasteiger charge is -2.24.